The van der Waals surface area contributed by atoms with Crippen molar-refractivity contribution in [3.63, 3.8) is 0 Å². The normalized spacial score (nSPS) is 10.6. The Morgan fingerprint density at radius 2 is 1.76 bits per heavy atom. The van der Waals surface area contributed by atoms with Gasteiger partial charge < -0.3 is 0 Å². The maximum Gasteiger partial charge on any atom is 0.161 e. The summed E-state index contributed by atoms with van der Waals surface area (Å²) in [7, 11) is 0. The van der Waals surface area contributed by atoms with Crippen LogP contribution in [0.5, 0.6) is 0 Å². The lowest BCUT2D eigenvalue weighted by Gasteiger charge is -2.08. The molecule has 0 radical (unpaired) electrons. The molecule has 0 spiro atoms. The first-order chi connectivity index (χ1) is 8.00. The van der Waals surface area contributed by atoms with Gasteiger partial charge in [-0.15, -0.1) is 10.2 Å². The van der Waals surface area contributed by atoms with E-state index in [1.165, 1.54) is 0 Å². The van der Waals surface area contributed by atoms with Crippen molar-refractivity contribution < 1.29 is 8.78 Å². The van der Waals surface area contributed by atoms with Crippen molar-refractivity contribution in [2.24, 2.45) is 0 Å². The lowest BCUT2D eigenvalue weighted by atomic mass is 10.1. The molecule has 88 valence electrons. The summed E-state index contributed by atoms with van der Waals surface area (Å²) >= 11 is 11.6. The summed E-state index contributed by atoms with van der Waals surface area (Å²) in [4.78, 5) is 3.65. The zero-order valence-electron chi connectivity index (χ0n) is 8.51. The lowest BCUT2D eigenvalue weighted by Crippen LogP contribution is -1.98. The molecule has 0 aliphatic carbocycles. The fourth-order valence-electron chi connectivity index (χ4n) is 1.34. The third-order valence-electron chi connectivity index (χ3n) is 2.16. The van der Waals surface area contributed by atoms with Gasteiger partial charge in [-0.25, -0.2) is 13.8 Å². The van der Waals surface area contributed by atoms with E-state index in [0.717, 1.165) is 6.20 Å². The van der Waals surface area contributed by atoms with Crippen LogP contribution in [0.3, 0.4) is 0 Å². The number of rotatable bonds is 1. The molecule has 0 unspecified atom stereocenters. The van der Waals surface area contributed by atoms with Gasteiger partial charge in [-0.05, 0) is 6.92 Å². The van der Waals surface area contributed by atoms with Crippen molar-refractivity contribution >= 4 is 23.2 Å². The van der Waals surface area contributed by atoms with E-state index in [9.17, 15) is 8.78 Å². The molecular formula is C10H5Cl2F2N3. The number of nitrogens with zero attached hydrogens (tertiary/aromatic N) is 3. The van der Waals surface area contributed by atoms with E-state index < -0.39 is 11.6 Å². The molecule has 7 heteroatoms. The first-order valence-corrected chi connectivity index (χ1v) is 5.26. The van der Waals surface area contributed by atoms with Gasteiger partial charge in [0, 0.05) is 17.2 Å². The molecule has 0 aliphatic heterocycles. The van der Waals surface area contributed by atoms with Crippen LogP contribution in [0.15, 0.2) is 12.3 Å². The lowest BCUT2D eigenvalue weighted by molar-refractivity contribution is 0.576. The highest BCUT2D eigenvalue weighted by Crippen LogP contribution is 2.32. The Morgan fingerprint density at radius 3 is 2.41 bits per heavy atom. The minimum absolute atomic E-state index is 0.0371. The highest BCUT2D eigenvalue weighted by atomic mass is 35.5. The molecular weight excluding hydrogens is 271 g/mol. The second kappa shape index (κ2) is 4.50. The Morgan fingerprint density at radius 1 is 1.12 bits per heavy atom. The quantitative estimate of drug-likeness (QED) is 0.800. The van der Waals surface area contributed by atoms with Crippen LogP contribution in [0.2, 0.25) is 10.3 Å². The van der Waals surface area contributed by atoms with Gasteiger partial charge >= 0.3 is 0 Å². The summed E-state index contributed by atoms with van der Waals surface area (Å²) in [5.41, 5.74) is 0.541. The molecule has 0 atom stereocenters. The monoisotopic (exact) mass is 275 g/mol. The fraction of sp³-hybridized carbons (Fsp3) is 0.100. The van der Waals surface area contributed by atoms with Gasteiger partial charge in [0.05, 0.1) is 6.20 Å². The molecule has 2 rings (SSSR count). The second-order valence-corrected chi connectivity index (χ2v) is 3.98. The molecule has 2 aromatic heterocycles. The molecule has 0 amide bonds. The van der Waals surface area contributed by atoms with Gasteiger partial charge in [-0.1, -0.05) is 23.2 Å². The van der Waals surface area contributed by atoms with Crippen molar-refractivity contribution in [1.29, 1.82) is 0 Å². The largest absolute Gasteiger partial charge is 0.250 e. The van der Waals surface area contributed by atoms with E-state index in [0.29, 0.717) is 11.6 Å². The summed E-state index contributed by atoms with van der Waals surface area (Å²) < 4.78 is 26.3. The molecule has 0 bridgehead atoms. The first kappa shape index (κ1) is 12.1. The van der Waals surface area contributed by atoms with Crippen molar-refractivity contribution in [2.45, 2.75) is 6.92 Å². The minimum atomic E-state index is -0.834. The molecule has 0 saturated heterocycles. The van der Waals surface area contributed by atoms with E-state index in [4.69, 9.17) is 23.2 Å². The van der Waals surface area contributed by atoms with Gasteiger partial charge in [0.2, 0.25) is 0 Å². The third-order valence-corrected chi connectivity index (χ3v) is 2.78. The van der Waals surface area contributed by atoms with Crippen LogP contribution >= 0.6 is 23.2 Å². The minimum Gasteiger partial charge on any atom is -0.250 e. The summed E-state index contributed by atoms with van der Waals surface area (Å²) in [5.74, 6) is -1.60. The average Bonchev–Trinajstić information content (AvgIpc) is 2.27. The van der Waals surface area contributed by atoms with E-state index in [1.807, 2.05) is 0 Å². The Balaban J connectivity index is 2.72. The Hall–Kier alpha value is -1.33. The third kappa shape index (κ3) is 2.21. The van der Waals surface area contributed by atoms with Crippen molar-refractivity contribution in [1.82, 2.24) is 15.2 Å². The SMILES string of the molecule is Cc1c(Cl)nnc(Cl)c1-c1ncc(F)cc1F. The molecule has 0 N–H and O–H groups in total. The molecule has 0 aromatic carbocycles. The van der Waals surface area contributed by atoms with E-state index in [1.54, 1.807) is 6.92 Å². The molecule has 0 fully saturated rings. The predicted octanol–water partition coefficient (Wildman–Crippen LogP) is 3.43. The average molecular weight is 276 g/mol. The molecule has 2 heterocycles. The van der Waals surface area contributed by atoms with Crippen LogP contribution in [-0.2, 0) is 0 Å². The van der Waals surface area contributed by atoms with Gasteiger partial charge in [0.25, 0.3) is 0 Å². The number of hydrogen-bond acceptors (Lipinski definition) is 3. The highest BCUT2D eigenvalue weighted by molar-refractivity contribution is 6.34. The van der Waals surface area contributed by atoms with Crippen LogP contribution in [0.1, 0.15) is 5.56 Å². The van der Waals surface area contributed by atoms with E-state index in [-0.39, 0.29) is 21.6 Å². The molecule has 2 aromatic rings. The van der Waals surface area contributed by atoms with Crippen LogP contribution in [0.4, 0.5) is 8.78 Å². The summed E-state index contributed by atoms with van der Waals surface area (Å²) in [6, 6.07) is 0.715. The fourth-order valence-corrected chi connectivity index (χ4v) is 1.75. The Labute approximate surface area is 105 Å². The summed E-state index contributed by atoms with van der Waals surface area (Å²) in [5, 5.41) is 7.19. The zero-order valence-corrected chi connectivity index (χ0v) is 10.0. The predicted molar refractivity (Wildman–Crippen MR) is 59.9 cm³/mol. The van der Waals surface area contributed by atoms with E-state index in [2.05, 4.69) is 15.2 Å². The Bertz CT molecular complexity index is 590. The van der Waals surface area contributed by atoms with Gasteiger partial charge in [-0.2, -0.15) is 0 Å². The number of aromatic nitrogens is 3. The molecule has 0 saturated carbocycles. The van der Waals surface area contributed by atoms with Gasteiger partial charge in [0.1, 0.15) is 11.5 Å². The number of pyridine rings is 1. The van der Waals surface area contributed by atoms with Crippen LogP contribution in [0, 0.1) is 18.6 Å². The number of halogens is 4. The van der Waals surface area contributed by atoms with Gasteiger partial charge in [-0.3, -0.25) is 0 Å². The summed E-state index contributed by atoms with van der Waals surface area (Å²) in [6.45, 7) is 1.60. The maximum atomic E-state index is 13.6. The van der Waals surface area contributed by atoms with Crippen molar-refractivity contribution in [3.8, 4) is 11.3 Å². The van der Waals surface area contributed by atoms with Crippen LogP contribution < -0.4 is 0 Å². The highest BCUT2D eigenvalue weighted by Gasteiger charge is 2.17. The number of hydrogen-bond donors (Lipinski definition) is 0. The molecule has 3 nitrogen and oxygen atoms in total. The zero-order chi connectivity index (χ0) is 12.6. The Kier molecular flexibility index (Phi) is 3.22. The first-order valence-electron chi connectivity index (χ1n) is 4.50. The van der Waals surface area contributed by atoms with Crippen molar-refractivity contribution in [2.75, 3.05) is 0 Å². The molecule has 17 heavy (non-hydrogen) atoms. The van der Waals surface area contributed by atoms with Crippen LogP contribution in [-0.4, -0.2) is 15.2 Å². The maximum absolute atomic E-state index is 13.6. The standard InChI is InChI=1S/C10H5Cl2F2N3/c1-4-7(10(12)17-16-9(4)11)8-6(14)2-5(13)3-15-8/h2-3H,1H3. The summed E-state index contributed by atoms with van der Waals surface area (Å²) in [6.07, 6.45) is 0.891. The molecule has 0 aliphatic rings. The van der Waals surface area contributed by atoms with Crippen molar-refractivity contribution in [3.05, 3.63) is 39.8 Å². The second-order valence-electron chi connectivity index (χ2n) is 3.27. The van der Waals surface area contributed by atoms with Crippen LogP contribution in [0.25, 0.3) is 11.3 Å². The van der Waals surface area contributed by atoms with E-state index >= 15 is 0 Å². The smallest absolute Gasteiger partial charge is 0.161 e. The van der Waals surface area contributed by atoms with Gasteiger partial charge in [0.15, 0.2) is 16.1 Å². The topological polar surface area (TPSA) is 38.7 Å².